The average Bonchev–Trinajstić information content (AvgIpc) is 2.90. The van der Waals surface area contributed by atoms with Gasteiger partial charge in [0.15, 0.2) is 5.75 Å². The summed E-state index contributed by atoms with van der Waals surface area (Å²) in [5.74, 6) is 0.821. The first kappa shape index (κ1) is 16.0. The molecule has 1 aromatic carbocycles. The van der Waals surface area contributed by atoms with Gasteiger partial charge in [0.05, 0.1) is 19.3 Å². The molecule has 1 atom stereocenters. The van der Waals surface area contributed by atoms with Crippen LogP contribution in [0.5, 0.6) is 5.75 Å². The third-order valence-electron chi connectivity index (χ3n) is 3.67. The van der Waals surface area contributed by atoms with Crippen LogP contribution >= 0.6 is 15.9 Å². The molecule has 21 heavy (non-hydrogen) atoms. The molecule has 0 fully saturated rings. The lowest BCUT2D eigenvalue weighted by molar-refractivity contribution is 0.399. The number of hydrogen-bond acceptors (Lipinski definition) is 3. The fourth-order valence-electron chi connectivity index (χ4n) is 2.57. The molecule has 0 saturated carbocycles. The molecule has 2 aromatic rings. The van der Waals surface area contributed by atoms with Crippen molar-refractivity contribution in [1.82, 2.24) is 15.1 Å². The third-order valence-corrected chi connectivity index (χ3v) is 4.53. The first-order valence-electron chi connectivity index (χ1n) is 7.22. The van der Waals surface area contributed by atoms with Gasteiger partial charge in [0.1, 0.15) is 5.69 Å². The summed E-state index contributed by atoms with van der Waals surface area (Å²) in [4.78, 5) is 0. The third kappa shape index (κ3) is 3.14. The highest BCUT2D eigenvalue weighted by molar-refractivity contribution is 9.10. The highest BCUT2D eigenvalue weighted by Gasteiger charge is 2.24. The molecule has 2 rings (SSSR count). The van der Waals surface area contributed by atoms with Crippen molar-refractivity contribution in [3.05, 3.63) is 45.7 Å². The van der Waals surface area contributed by atoms with Crippen LogP contribution in [-0.2, 0) is 6.54 Å². The topological polar surface area (TPSA) is 39.1 Å². The summed E-state index contributed by atoms with van der Waals surface area (Å²) in [6.45, 7) is 8.01. The van der Waals surface area contributed by atoms with Crippen LogP contribution in [0.1, 0.15) is 36.7 Å². The highest BCUT2D eigenvalue weighted by atomic mass is 79.9. The maximum atomic E-state index is 5.51. The molecule has 4 nitrogen and oxygen atoms in total. The predicted molar refractivity (Wildman–Crippen MR) is 88.9 cm³/mol. The molecule has 0 aliphatic heterocycles. The second-order valence-electron chi connectivity index (χ2n) is 4.86. The Morgan fingerprint density at radius 3 is 2.76 bits per heavy atom. The fourth-order valence-corrected chi connectivity index (χ4v) is 2.95. The maximum absolute atomic E-state index is 5.51. The Bertz CT molecular complexity index is 588. The average molecular weight is 352 g/mol. The Balaban J connectivity index is 2.58. The first-order valence-corrected chi connectivity index (χ1v) is 8.01. The molecule has 0 spiro atoms. The Morgan fingerprint density at radius 2 is 2.14 bits per heavy atom. The van der Waals surface area contributed by atoms with Crippen molar-refractivity contribution in [2.75, 3.05) is 13.7 Å². The number of aryl methyl sites for hydroxylation is 1. The Morgan fingerprint density at radius 1 is 1.38 bits per heavy atom. The number of methoxy groups -OCH3 is 1. The Hall–Kier alpha value is -1.33. The van der Waals surface area contributed by atoms with Gasteiger partial charge in [-0.3, -0.25) is 4.68 Å². The van der Waals surface area contributed by atoms with Crippen LogP contribution in [0.3, 0.4) is 0 Å². The van der Waals surface area contributed by atoms with E-state index in [2.05, 4.69) is 65.3 Å². The molecule has 0 bridgehead atoms. The van der Waals surface area contributed by atoms with E-state index < -0.39 is 0 Å². The van der Waals surface area contributed by atoms with Gasteiger partial charge in [-0.15, -0.1) is 0 Å². The number of nitrogens with one attached hydrogen (secondary N) is 1. The van der Waals surface area contributed by atoms with Crippen LogP contribution in [0.25, 0.3) is 0 Å². The molecule has 0 radical (unpaired) electrons. The van der Waals surface area contributed by atoms with E-state index in [0.717, 1.165) is 29.0 Å². The number of aromatic nitrogens is 2. The highest BCUT2D eigenvalue weighted by Crippen LogP contribution is 2.33. The van der Waals surface area contributed by atoms with Crippen molar-refractivity contribution in [2.24, 2.45) is 0 Å². The maximum Gasteiger partial charge on any atom is 0.161 e. The molecule has 0 aliphatic rings. The van der Waals surface area contributed by atoms with E-state index in [0.29, 0.717) is 0 Å². The summed E-state index contributed by atoms with van der Waals surface area (Å²) >= 11 is 3.62. The second-order valence-corrected chi connectivity index (χ2v) is 5.71. The number of halogens is 1. The summed E-state index contributed by atoms with van der Waals surface area (Å²) in [7, 11) is 1.69. The summed E-state index contributed by atoms with van der Waals surface area (Å²) in [5, 5.41) is 7.98. The largest absolute Gasteiger partial charge is 0.493 e. The lowest BCUT2D eigenvalue weighted by Crippen LogP contribution is -2.26. The summed E-state index contributed by atoms with van der Waals surface area (Å²) < 4.78 is 8.62. The summed E-state index contributed by atoms with van der Waals surface area (Å²) in [6, 6.07) is 6.34. The number of benzene rings is 1. The van der Waals surface area contributed by atoms with E-state index in [1.165, 1.54) is 11.1 Å². The van der Waals surface area contributed by atoms with E-state index in [1.807, 2.05) is 4.68 Å². The fraction of sp³-hybridized carbons (Fsp3) is 0.438. The van der Waals surface area contributed by atoms with Crippen LogP contribution in [0.4, 0.5) is 0 Å². The zero-order valence-corrected chi connectivity index (χ0v) is 14.6. The lowest BCUT2D eigenvalue weighted by Gasteiger charge is -2.23. The minimum atomic E-state index is 0.0601. The zero-order valence-electron chi connectivity index (χ0n) is 13.0. The van der Waals surface area contributed by atoms with Crippen LogP contribution < -0.4 is 10.1 Å². The van der Waals surface area contributed by atoms with E-state index in [9.17, 15) is 0 Å². The molecule has 0 aliphatic carbocycles. The van der Waals surface area contributed by atoms with Crippen LogP contribution in [-0.4, -0.2) is 23.4 Å². The number of rotatable bonds is 6. The molecule has 5 heteroatoms. The van der Waals surface area contributed by atoms with E-state index in [-0.39, 0.29) is 6.04 Å². The van der Waals surface area contributed by atoms with Gasteiger partial charge in [-0.1, -0.05) is 35.0 Å². The van der Waals surface area contributed by atoms with Crippen LogP contribution in [0.2, 0.25) is 0 Å². The monoisotopic (exact) mass is 351 g/mol. The van der Waals surface area contributed by atoms with Gasteiger partial charge in [-0.2, -0.15) is 5.10 Å². The molecular weight excluding hydrogens is 330 g/mol. The van der Waals surface area contributed by atoms with Crippen molar-refractivity contribution in [3.8, 4) is 5.75 Å². The molecule has 0 amide bonds. The minimum absolute atomic E-state index is 0.0601. The van der Waals surface area contributed by atoms with Crippen molar-refractivity contribution >= 4 is 15.9 Å². The molecule has 1 unspecified atom stereocenters. The SMILES string of the molecule is CCNC(c1cccc(Br)c1C)c1c(OC)cnn1CC. The predicted octanol–water partition coefficient (Wildman–Crippen LogP) is 3.68. The van der Waals surface area contributed by atoms with Crippen molar-refractivity contribution in [1.29, 1.82) is 0 Å². The summed E-state index contributed by atoms with van der Waals surface area (Å²) in [6.07, 6.45) is 1.79. The van der Waals surface area contributed by atoms with E-state index in [1.54, 1.807) is 13.3 Å². The number of hydrogen-bond donors (Lipinski definition) is 1. The standard InChI is InChI=1S/C16H22BrN3O/c1-5-18-15(12-8-7-9-13(17)11(12)3)16-14(21-4)10-19-20(16)6-2/h7-10,15,18H,5-6H2,1-4H3. The molecule has 114 valence electrons. The van der Waals surface area contributed by atoms with Crippen molar-refractivity contribution in [2.45, 2.75) is 33.4 Å². The van der Waals surface area contributed by atoms with Gasteiger partial charge in [0, 0.05) is 11.0 Å². The minimum Gasteiger partial charge on any atom is -0.493 e. The number of ether oxygens (including phenoxy) is 1. The van der Waals surface area contributed by atoms with Crippen LogP contribution in [0.15, 0.2) is 28.9 Å². The van der Waals surface area contributed by atoms with Crippen molar-refractivity contribution < 1.29 is 4.74 Å². The lowest BCUT2D eigenvalue weighted by atomic mass is 9.98. The van der Waals surface area contributed by atoms with Gasteiger partial charge < -0.3 is 10.1 Å². The van der Waals surface area contributed by atoms with Gasteiger partial charge in [0.25, 0.3) is 0 Å². The van der Waals surface area contributed by atoms with Crippen molar-refractivity contribution in [3.63, 3.8) is 0 Å². The first-order chi connectivity index (χ1) is 10.1. The second kappa shape index (κ2) is 7.09. The Kier molecular flexibility index (Phi) is 5.42. The Labute approximate surface area is 134 Å². The van der Waals surface area contributed by atoms with Gasteiger partial charge in [0.2, 0.25) is 0 Å². The normalized spacial score (nSPS) is 12.4. The molecule has 1 aromatic heterocycles. The van der Waals surface area contributed by atoms with E-state index >= 15 is 0 Å². The molecule has 1 N–H and O–H groups in total. The quantitative estimate of drug-likeness (QED) is 0.862. The smallest absolute Gasteiger partial charge is 0.161 e. The van der Waals surface area contributed by atoms with Crippen LogP contribution in [0, 0.1) is 6.92 Å². The molecule has 1 heterocycles. The summed E-state index contributed by atoms with van der Waals surface area (Å²) in [5.41, 5.74) is 3.54. The van der Waals surface area contributed by atoms with E-state index in [4.69, 9.17) is 4.74 Å². The molecule has 0 saturated heterocycles. The number of nitrogens with zero attached hydrogens (tertiary/aromatic N) is 2. The zero-order chi connectivity index (χ0) is 15.4. The van der Waals surface area contributed by atoms with Gasteiger partial charge in [-0.05, 0) is 37.6 Å². The molecular formula is C16H22BrN3O. The van der Waals surface area contributed by atoms with Gasteiger partial charge >= 0.3 is 0 Å². The van der Waals surface area contributed by atoms with Gasteiger partial charge in [-0.25, -0.2) is 0 Å².